The number of nitrogens with two attached hydrogens (primary N) is 1. The molecular weight excluding hydrogens is 146 g/mol. The fraction of sp³-hybridized carbons (Fsp3) is 1.00. The number of rotatable bonds is 1. The molecule has 1 fully saturated rings. The molecule has 2 atom stereocenters. The molecule has 0 aliphatic heterocycles. The van der Waals surface area contributed by atoms with Crippen LogP contribution in [0.1, 0.15) is 39.0 Å². The van der Waals surface area contributed by atoms with Crippen molar-refractivity contribution in [1.82, 2.24) is 0 Å². The Labute approximate surface area is 69.8 Å². The van der Waals surface area contributed by atoms with Gasteiger partial charge >= 0.3 is 0 Å². The normalized spacial score (nSPS) is 33.0. The molecule has 62 valence electrons. The third-order valence-corrected chi connectivity index (χ3v) is 2.49. The van der Waals surface area contributed by atoms with Crippen LogP contribution in [0.2, 0.25) is 0 Å². The van der Waals surface area contributed by atoms with E-state index in [0.717, 1.165) is 5.92 Å². The second-order valence-corrected chi connectivity index (χ2v) is 3.12. The van der Waals surface area contributed by atoms with Crippen molar-refractivity contribution in [1.29, 1.82) is 0 Å². The van der Waals surface area contributed by atoms with Gasteiger partial charge in [0.2, 0.25) is 0 Å². The number of hydrogen-bond donors (Lipinski definition) is 1. The highest BCUT2D eigenvalue weighted by Gasteiger charge is 2.18. The average Bonchev–Trinajstić information content (AvgIpc) is 1.89. The summed E-state index contributed by atoms with van der Waals surface area (Å²) in [6.07, 6.45) is 6.68. The summed E-state index contributed by atoms with van der Waals surface area (Å²) in [5.74, 6) is 0.832. The van der Waals surface area contributed by atoms with Crippen LogP contribution in [-0.4, -0.2) is 6.04 Å². The molecule has 0 bridgehead atoms. The van der Waals surface area contributed by atoms with Crippen LogP contribution in [0.15, 0.2) is 0 Å². The molecule has 0 radical (unpaired) electrons. The fourth-order valence-electron chi connectivity index (χ4n) is 1.74. The van der Waals surface area contributed by atoms with Gasteiger partial charge in [0.25, 0.3) is 0 Å². The van der Waals surface area contributed by atoms with E-state index in [9.17, 15) is 0 Å². The van der Waals surface area contributed by atoms with Gasteiger partial charge in [-0.15, -0.1) is 12.4 Å². The van der Waals surface area contributed by atoms with Gasteiger partial charge in [0.05, 0.1) is 0 Å². The maximum Gasteiger partial charge on any atom is 0.00670 e. The van der Waals surface area contributed by atoms with Crippen molar-refractivity contribution in [3.63, 3.8) is 0 Å². The van der Waals surface area contributed by atoms with Gasteiger partial charge in [-0.05, 0) is 18.8 Å². The molecule has 1 rings (SSSR count). The Morgan fingerprint density at radius 2 is 1.90 bits per heavy atom. The first-order valence-corrected chi connectivity index (χ1v) is 4.10. The lowest BCUT2D eigenvalue weighted by Gasteiger charge is -2.27. The molecule has 2 N–H and O–H groups in total. The van der Waals surface area contributed by atoms with Crippen LogP contribution in [0.3, 0.4) is 0 Å². The van der Waals surface area contributed by atoms with Gasteiger partial charge in [-0.1, -0.05) is 26.2 Å². The molecule has 0 saturated heterocycles. The minimum absolute atomic E-state index is 0. The van der Waals surface area contributed by atoms with Crippen molar-refractivity contribution in [2.75, 3.05) is 0 Å². The van der Waals surface area contributed by atoms with Gasteiger partial charge in [0.15, 0.2) is 0 Å². The third kappa shape index (κ3) is 2.47. The molecular formula is C8H18ClN. The van der Waals surface area contributed by atoms with Crippen molar-refractivity contribution >= 4 is 12.4 Å². The minimum atomic E-state index is 0. The summed E-state index contributed by atoms with van der Waals surface area (Å²) in [6, 6.07) is 0.517. The third-order valence-electron chi connectivity index (χ3n) is 2.49. The van der Waals surface area contributed by atoms with Crippen molar-refractivity contribution in [2.24, 2.45) is 11.7 Å². The van der Waals surface area contributed by atoms with Crippen LogP contribution in [0.4, 0.5) is 0 Å². The Hall–Kier alpha value is 0.250. The van der Waals surface area contributed by atoms with Crippen LogP contribution in [-0.2, 0) is 0 Å². The average molecular weight is 164 g/mol. The molecule has 0 amide bonds. The zero-order valence-electron chi connectivity index (χ0n) is 6.68. The maximum atomic E-state index is 5.89. The second-order valence-electron chi connectivity index (χ2n) is 3.12. The quantitative estimate of drug-likeness (QED) is 0.631. The number of halogens is 1. The zero-order valence-corrected chi connectivity index (χ0v) is 7.49. The molecule has 1 aliphatic rings. The Bertz CT molecular complexity index is 85.3. The van der Waals surface area contributed by atoms with Gasteiger partial charge in [0, 0.05) is 6.04 Å². The highest BCUT2D eigenvalue weighted by atomic mass is 35.5. The van der Waals surface area contributed by atoms with Gasteiger partial charge in [-0.25, -0.2) is 0 Å². The lowest BCUT2D eigenvalue weighted by atomic mass is 9.84. The van der Waals surface area contributed by atoms with E-state index < -0.39 is 0 Å². The first kappa shape index (κ1) is 10.2. The summed E-state index contributed by atoms with van der Waals surface area (Å²) in [5.41, 5.74) is 5.89. The van der Waals surface area contributed by atoms with E-state index in [-0.39, 0.29) is 12.4 Å². The van der Waals surface area contributed by atoms with E-state index >= 15 is 0 Å². The Kier molecular flexibility index (Phi) is 5.10. The van der Waals surface area contributed by atoms with Gasteiger partial charge < -0.3 is 5.73 Å². The summed E-state index contributed by atoms with van der Waals surface area (Å²) in [4.78, 5) is 0. The van der Waals surface area contributed by atoms with Gasteiger partial charge in [0.1, 0.15) is 0 Å². The van der Waals surface area contributed by atoms with Crippen molar-refractivity contribution in [2.45, 2.75) is 45.1 Å². The minimum Gasteiger partial charge on any atom is -0.327 e. The van der Waals surface area contributed by atoms with E-state index in [1.54, 1.807) is 0 Å². The smallest absolute Gasteiger partial charge is 0.00670 e. The molecule has 0 aromatic carbocycles. The van der Waals surface area contributed by atoms with Crippen LogP contribution in [0.25, 0.3) is 0 Å². The van der Waals surface area contributed by atoms with Crippen LogP contribution in [0, 0.1) is 5.92 Å². The fourth-order valence-corrected chi connectivity index (χ4v) is 1.74. The van der Waals surface area contributed by atoms with Gasteiger partial charge in [-0.2, -0.15) is 0 Å². The highest BCUT2D eigenvalue weighted by molar-refractivity contribution is 5.85. The molecule has 2 heteroatoms. The van der Waals surface area contributed by atoms with Crippen molar-refractivity contribution in [3.8, 4) is 0 Å². The Balaban J connectivity index is 0.000000810. The Morgan fingerprint density at radius 3 is 2.30 bits per heavy atom. The highest BCUT2D eigenvalue weighted by Crippen LogP contribution is 2.24. The monoisotopic (exact) mass is 163 g/mol. The molecule has 0 spiro atoms. The van der Waals surface area contributed by atoms with Crippen LogP contribution >= 0.6 is 12.4 Å². The lowest BCUT2D eigenvalue weighted by Crippen LogP contribution is -2.32. The summed E-state index contributed by atoms with van der Waals surface area (Å²) < 4.78 is 0. The molecule has 1 nitrogen and oxygen atoms in total. The lowest BCUT2D eigenvalue weighted by molar-refractivity contribution is 0.300. The largest absolute Gasteiger partial charge is 0.327 e. The van der Waals surface area contributed by atoms with E-state index in [2.05, 4.69) is 6.92 Å². The predicted molar refractivity (Wildman–Crippen MR) is 47.5 cm³/mol. The van der Waals surface area contributed by atoms with Gasteiger partial charge in [-0.3, -0.25) is 0 Å². The van der Waals surface area contributed by atoms with E-state index in [1.165, 1.54) is 32.1 Å². The predicted octanol–water partition coefficient (Wildman–Crippen LogP) is 2.34. The van der Waals surface area contributed by atoms with Crippen LogP contribution in [0.5, 0.6) is 0 Å². The molecule has 0 heterocycles. The molecule has 0 unspecified atom stereocenters. The zero-order chi connectivity index (χ0) is 6.69. The molecule has 1 aliphatic carbocycles. The topological polar surface area (TPSA) is 26.0 Å². The van der Waals surface area contributed by atoms with E-state index in [0.29, 0.717) is 6.04 Å². The maximum absolute atomic E-state index is 5.89. The Morgan fingerprint density at radius 1 is 1.30 bits per heavy atom. The summed E-state index contributed by atoms with van der Waals surface area (Å²) in [6.45, 7) is 2.25. The summed E-state index contributed by atoms with van der Waals surface area (Å²) in [7, 11) is 0. The summed E-state index contributed by atoms with van der Waals surface area (Å²) >= 11 is 0. The number of hydrogen-bond acceptors (Lipinski definition) is 1. The van der Waals surface area contributed by atoms with E-state index in [1.807, 2.05) is 0 Å². The van der Waals surface area contributed by atoms with Crippen LogP contribution < -0.4 is 5.73 Å². The first-order chi connectivity index (χ1) is 4.34. The SMILES string of the molecule is CC[C@@H]1CCCC[C@H]1N.Cl. The molecule has 10 heavy (non-hydrogen) atoms. The standard InChI is InChI=1S/C8H17N.ClH/c1-2-7-5-3-4-6-8(7)9;/h7-8H,2-6,9H2,1H3;1H/t7-,8-;/m1./s1. The second kappa shape index (κ2) is 4.97. The summed E-state index contributed by atoms with van der Waals surface area (Å²) in [5, 5.41) is 0. The first-order valence-electron chi connectivity index (χ1n) is 4.10. The van der Waals surface area contributed by atoms with Crippen molar-refractivity contribution in [3.05, 3.63) is 0 Å². The molecule has 1 saturated carbocycles. The molecule has 0 aromatic heterocycles. The van der Waals surface area contributed by atoms with E-state index in [4.69, 9.17) is 5.73 Å². The van der Waals surface area contributed by atoms with Crippen molar-refractivity contribution < 1.29 is 0 Å². The molecule has 0 aromatic rings.